The highest BCUT2D eigenvalue weighted by Crippen LogP contribution is 2.32. The third-order valence-corrected chi connectivity index (χ3v) is 9.80. The lowest BCUT2D eigenvalue weighted by Gasteiger charge is -2.37. The van der Waals surface area contributed by atoms with Crippen molar-refractivity contribution in [2.24, 2.45) is 7.05 Å². The van der Waals surface area contributed by atoms with E-state index in [0.717, 1.165) is 46.6 Å². The van der Waals surface area contributed by atoms with Crippen LogP contribution in [0.15, 0.2) is 65.6 Å². The van der Waals surface area contributed by atoms with Crippen molar-refractivity contribution in [3.05, 3.63) is 71.8 Å². The molecule has 0 spiro atoms. The third-order valence-electron chi connectivity index (χ3n) is 8.67. The molecule has 0 unspecified atom stereocenters. The second-order valence-electron chi connectivity index (χ2n) is 11.6. The molecule has 2 heterocycles. The van der Waals surface area contributed by atoms with Crippen molar-refractivity contribution >= 4 is 20.9 Å². The molecule has 0 amide bonds. The van der Waals surface area contributed by atoms with E-state index in [9.17, 15) is 8.42 Å². The molecule has 0 atom stereocenters. The minimum Gasteiger partial charge on any atom is -0.327 e. The van der Waals surface area contributed by atoms with Crippen molar-refractivity contribution < 1.29 is 8.42 Å². The lowest BCUT2D eigenvalue weighted by atomic mass is 10.00. The first-order valence-corrected chi connectivity index (χ1v) is 15.9. The fraction of sp³-hybridized carbons (Fsp3) is 0.406. The SMILES string of the molecule is Cc1cc(-c2ccc(CN3CCC(N(C)C4CC4)CC3)cc2)cc2c1nc(-c1ccc(S(C)(=O)=O)cc1)n2C. The molecule has 0 bridgehead atoms. The van der Waals surface area contributed by atoms with Crippen molar-refractivity contribution in [1.29, 1.82) is 0 Å². The van der Waals surface area contributed by atoms with Gasteiger partial charge >= 0.3 is 0 Å². The number of imidazole rings is 1. The molecule has 204 valence electrons. The zero-order valence-electron chi connectivity index (χ0n) is 23.4. The van der Waals surface area contributed by atoms with Crippen LogP contribution in [-0.2, 0) is 23.4 Å². The largest absolute Gasteiger partial charge is 0.327 e. The van der Waals surface area contributed by atoms with Gasteiger partial charge in [0, 0.05) is 37.5 Å². The zero-order valence-corrected chi connectivity index (χ0v) is 24.2. The number of rotatable bonds is 7. The lowest BCUT2D eigenvalue weighted by Crippen LogP contribution is -2.43. The van der Waals surface area contributed by atoms with Crippen LogP contribution in [0, 0.1) is 6.92 Å². The Bertz CT molecular complexity index is 1590. The van der Waals surface area contributed by atoms with Gasteiger partial charge < -0.3 is 9.47 Å². The molecule has 2 aliphatic rings. The van der Waals surface area contributed by atoms with E-state index in [2.05, 4.69) is 64.7 Å². The summed E-state index contributed by atoms with van der Waals surface area (Å²) in [5.74, 6) is 0.827. The molecule has 2 fully saturated rings. The minimum absolute atomic E-state index is 0.317. The number of benzene rings is 3. The first-order valence-electron chi connectivity index (χ1n) is 14.0. The summed E-state index contributed by atoms with van der Waals surface area (Å²) in [6, 6.07) is 22.0. The van der Waals surface area contributed by atoms with Crippen LogP contribution in [0.25, 0.3) is 33.5 Å². The van der Waals surface area contributed by atoms with E-state index in [1.807, 2.05) is 19.2 Å². The number of fused-ring (bicyclic) bond motifs is 1. The molecule has 6 rings (SSSR count). The summed E-state index contributed by atoms with van der Waals surface area (Å²) in [6.07, 6.45) is 6.56. The number of nitrogens with zero attached hydrogens (tertiary/aromatic N) is 4. The van der Waals surface area contributed by atoms with Gasteiger partial charge in [-0.05, 0) is 111 Å². The van der Waals surface area contributed by atoms with Gasteiger partial charge in [-0.1, -0.05) is 24.3 Å². The maximum absolute atomic E-state index is 11.9. The molecule has 3 aromatic carbocycles. The summed E-state index contributed by atoms with van der Waals surface area (Å²) in [7, 11) is 1.11. The molecule has 6 nitrogen and oxygen atoms in total. The molecule has 39 heavy (non-hydrogen) atoms. The quantitative estimate of drug-likeness (QED) is 0.301. The molecule has 4 aromatic rings. The van der Waals surface area contributed by atoms with E-state index >= 15 is 0 Å². The van der Waals surface area contributed by atoms with Gasteiger partial charge in [-0.2, -0.15) is 0 Å². The van der Waals surface area contributed by atoms with Gasteiger partial charge in [-0.25, -0.2) is 13.4 Å². The molecule has 1 aliphatic carbocycles. The Kier molecular flexibility index (Phi) is 6.86. The van der Waals surface area contributed by atoms with Crippen LogP contribution in [0.1, 0.15) is 36.8 Å². The van der Waals surface area contributed by atoms with Gasteiger partial charge in [0.1, 0.15) is 5.82 Å². The van der Waals surface area contributed by atoms with Gasteiger partial charge in [-0.15, -0.1) is 0 Å². The number of hydrogen-bond donors (Lipinski definition) is 0. The normalized spacial score (nSPS) is 17.4. The Labute approximate surface area is 232 Å². The van der Waals surface area contributed by atoms with Crippen LogP contribution in [0.3, 0.4) is 0 Å². The summed E-state index contributed by atoms with van der Waals surface area (Å²) in [4.78, 5) is 10.5. The Morgan fingerprint density at radius 1 is 0.872 bits per heavy atom. The lowest BCUT2D eigenvalue weighted by molar-refractivity contribution is 0.119. The number of piperidine rings is 1. The van der Waals surface area contributed by atoms with E-state index in [4.69, 9.17) is 4.98 Å². The summed E-state index contributed by atoms with van der Waals surface area (Å²) in [5.41, 5.74) is 7.80. The van der Waals surface area contributed by atoms with Gasteiger partial charge in [0.15, 0.2) is 9.84 Å². The van der Waals surface area contributed by atoms with Gasteiger partial charge in [-0.3, -0.25) is 4.90 Å². The van der Waals surface area contributed by atoms with Crippen LogP contribution in [0.5, 0.6) is 0 Å². The Morgan fingerprint density at radius 3 is 2.10 bits per heavy atom. The first-order chi connectivity index (χ1) is 18.7. The van der Waals surface area contributed by atoms with E-state index in [0.29, 0.717) is 4.90 Å². The highest BCUT2D eigenvalue weighted by atomic mass is 32.2. The molecule has 1 aromatic heterocycles. The highest BCUT2D eigenvalue weighted by molar-refractivity contribution is 7.90. The summed E-state index contributed by atoms with van der Waals surface area (Å²) in [5, 5.41) is 0. The highest BCUT2D eigenvalue weighted by Gasteiger charge is 2.32. The number of hydrogen-bond acceptors (Lipinski definition) is 5. The van der Waals surface area contributed by atoms with E-state index in [1.165, 1.54) is 61.7 Å². The molecule has 0 radical (unpaired) electrons. The van der Waals surface area contributed by atoms with Crippen molar-refractivity contribution in [1.82, 2.24) is 19.4 Å². The average molecular weight is 543 g/mol. The number of sulfone groups is 1. The maximum Gasteiger partial charge on any atom is 0.175 e. The maximum atomic E-state index is 11.9. The topological polar surface area (TPSA) is 58.4 Å². The first kappa shape index (κ1) is 26.2. The van der Waals surface area contributed by atoms with Crippen LogP contribution in [0.4, 0.5) is 0 Å². The van der Waals surface area contributed by atoms with Gasteiger partial charge in [0.2, 0.25) is 0 Å². The van der Waals surface area contributed by atoms with Crippen molar-refractivity contribution in [3.8, 4) is 22.5 Å². The molecule has 7 heteroatoms. The molecule has 1 saturated heterocycles. The fourth-order valence-corrected chi connectivity index (χ4v) is 6.69. The van der Waals surface area contributed by atoms with E-state index in [1.54, 1.807) is 12.1 Å². The Hall–Kier alpha value is -3.00. The second-order valence-corrected chi connectivity index (χ2v) is 13.6. The average Bonchev–Trinajstić information content (AvgIpc) is 3.72. The molecule has 1 saturated carbocycles. The summed E-state index contributed by atoms with van der Waals surface area (Å²) in [6.45, 7) is 5.48. The monoisotopic (exact) mass is 542 g/mol. The summed E-state index contributed by atoms with van der Waals surface area (Å²) < 4.78 is 25.8. The second kappa shape index (κ2) is 10.2. The molecular weight excluding hydrogens is 504 g/mol. The van der Waals surface area contributed by atoms with Crippen LogP contribution in [-0.4, -0.2) is 66.2 Å². The van der Waals surface area contributed by atoms with E-state index in [-0.39, 0.29) is 0 Å². The summed E-state index contributed by atoms with van der Waals surface area (Å²) >= 11 is 0. The number of aryl methyl sites for hydroxylation is 2. The fourth-order valence-electron chi connectivity index (χ4n) is 6.06. The van der Waals surface area contributed by atoms with Gasteiger partial charge in [0.05, 0.1) is 15.9 Å². The molecule has 1 aliphatic heterocycles. The van der Waals surface area contributed by atoms with Crippen LogP contribution in [0.2, 0.25) is 0 Å². The standard InChI is InChI=1S/C32H38N4O2S/c1-22-19-26(20-30-31(22)33-32(35(30)3)25-9-13-29(14-10-25)39(4,37)38)24-7-5-23(6-8-24)21-36-17-15-28(16-18-36)34(2)27-11-12-27/h5-10,13-14,19-20,27-28H,11-12,15-18,21H2,1-4H3. The van der Waals surface area contributed by atoms with Crippen LogP contribution < -0.4 is 0 Å². The van der Waals surface area contributed by atoms with Crippen LogP contribution >= 0.6 is 0 Å². The van der Waals surface area contributed by atoms with Gasteiger partial charge in [0.25, 0.3) is 0 Å². The zero-order chi connectivity index (χ0) is 27.3. The predicted molar refractivity (Wildman–Crippen MR) is 159 cm³/mol. The Balaban J connectivity index is 1.18. The van der Waals surface area contributed by atoms with Crippen molar-refractivity contribution in [2.75, 3.05) is 26.4 Å². The van der Waals surface area contributed by atoms with Crippen molar-refractivity contribution in [3.63, 3.8) is 0 Å². The Morgan fingerprint density at radius 2 is 1.49 bits per heavy atom. The van der Waals surface area contributed by atoms with Crippen molar-refractivity contribution in [2.45, 2.75) is 56.1 Å². The molecule has 0 N–H and O–H groups in total. The molecular formula is C32H38N4O2S. The number of likely N-dealkylation sites (tertiary alicyclic amines) is 1. The number of aromatic nitrogens is 2. The minimum atomic E-state index is -3.23. The smallest absolute Gasteiger partial charge is 0.175 e. The third kappa shape index (κ3) is 5.40. The van der Waals surface area contributed by atoms with E-state index < -0.39 is 9.84 Å². The predicted octanol–water partition coefficient (Wildman–Crippen LogP) is 5.68.